The van der Waals surface area contributed by atoms with E-state index in [1.165, 1.54) is 0 Å². The number of carbonyl (C=O) groups excluding carboxylic acids is 2. The Morgan fingerprint density at radius 1 is 0.897 bits per heavy atom. The van der Waals surface area contributed by atoms with Crippen molar-refractivity contribution < 1.29 is 19.1 Å². The smallest absolute Gasteiger partial charge is 0.225 e. The van der Waals surface area contributed by atoms with Gasteiger partial charge in [0.15, 0.2) is 17.3 Å². The van der Waals surface area contributed by atoms with Crippen LogP contribution in [0.15, 0.2) is 53.7 Å². The molecule has 0 unspecified atom stereocenters. The number of benzene rings is 2. The van der Waals surface area contributed by atoms with E-state index in [2.05, 4.69) is 11.4 Å². The van der Waals surface area contributed by atoms with Gasteiger partial charge in [0.2, 0.25) is 5.91 Å². The van der Waals surface area contributed by atoms with E-state index in [9.17, 15) is 9.59 Å². The number of methoxy groups -OCH3 is 2. The number of rotatable bonds is 4. The lowest BCUT2D eigenvalue weighted by Crippen LogP contribution is -2.38. The summed E-state index contributed by atoms with van der Waals surface area (Å²) in [7, 11) is 3.20. The molecule has 1 aliphatic heterocycles. The van der Waals surface area contributed by atoms with Crippen LogP contribution in [-0.2, 0) is 9.59 Å². The van der Waals surface area contributed by atoms with Crippen LogP contribution < -0.4 is 14.8 Å². The van der Waals surface area contributed by atoms with Gasteiger partial charge in [-0.3, -0.25) is 9.59 Å². The van der Waals surface area contributed by atoms with Crippen LogP contribution in [0, 0.1) is 6.92 Å². The number of nitrogens with one attached hydrogen (secondary N) is 1. The van der Waals surface area contributed by atoms with Crippen LogP contribution in [0.3, 0.4) is 0 Å². The lowest BCUT2D eigenvalue weighted by Gasteiger charge is -2.34. The first-order valence-corrected chi connectivity index (χ1v) is 9.84. The van der Waals surface area contributed by atoms with Crippen molar-refractivity contribution in [3.8, 4) is 11.5 Å². The molecule has 5 heteroatoms. The maximum absolute atomic E-state index is 13.2. The van der Waals surface area contributed by atoms with Gasteiger partial charge in [-0.05, 0) is 42.5 Å². The molecule has 0 saturated carbocycles. The maximum Gasteiger partial charge on any atom is 0.225 e. The van der Waals surface area contributed by atoms with Crippen molar-refractivity contribution in [3.63, 3.8) is 0 Å². The second-order valence-electron chi connectivity index (χ2n) is 7.75. The first kappa shape index (κ1) is 19.2. The van der Waals surface area contributed by atoms with E-state index in [-0.39, 0.29) is 23.5 Å². The van der Waals surface area contributed by atoms with Gasteiger partial charge in [-0.2, -0.15) is 0 Å². The van der Waals surface area contributed by atoms with E-state index in [1.807, 2.05) is 43.3 Å². The standard InChI is InChI=1S/C24H25NO4/c1-14-5-4-6-16(9-14)18-13-23(27)25-19-10-17(11-20(26)24(18)19)15-7-8-21(28-2)22(12-15)29-3/h4-9,12,17-18H,10-11,13H2,1-3H3,(H,25,27)/t17-,18+/m0/s1. The number of hydrogen-bond donors (Lipinski definition) is 1. The highest BCUT2D eigenvalue weighted by molar-refractivity contribution is 6.02. The molecule has 0 saturated heterocycles. The van der Waals surface area contributed by atoms with Crippen LogP contribution in [0.4, 0.5) is 0 Å². The molecule has 1 heterocycles. The van der Waals surface area contributed by atoms with Gasteiger partial charge < -0.3 is 14.8 Å². The Hall–Kier alpha value is -3.08. The molecule has 150 valence electrons. The number of amides is 1. The Kier molecular flexibility index (Phi) is 5.14. The van der Waals surface area contributed by atoms with E-state index in [0.717, 1.165) is 28.0 Å². The van der Waals surface area contributed by atoms with Gasteiger partial charge in [0.25, 0.3) is 0 Å². The largest absolute Gasteiger partial charge is 0.493 e. The zero-order valence-corrected chi connectivity index (χ0v) is 17.0. The number of hydrogen-bond acceptors (Lipinski definition) is 4. The highest BCUT2D eigenvalue weighted by Crippen LogP contribution is 2.43. The molecular formula is C24H25NO4. The first-order valence-electron chi connectivity index (χ1n) is 9.84. The molecule has 2 aliphatic rings. The first-order chi connectivity index (χ1) is 14.0. The third-order valence-corrected chi connectivity index (χ3v) is 5.86. The van der Waals surface area contributed by atoms with Gasteiger partial charge in [0, 0.05) is 30.0 Å². The fourth-order valence-corrected chi connectivity index (χ4v) is 4.47. The molecule has 0 bridgehead atoms. The summed E-state index contributed by atoms with van der Waals surface area (Å²) >= 11 is 0. The lowest BCUT2D eigenvalue weighted by molar-refractivity contribution is -0.122. The minimum absolute atomic E-state index is 0.00221. The molecule has 0 radical (unpaired) electrons. The van der Waals surface area contributed by atoms with Crippen molar-refractivity contribution in [2.24, 2.45) is 0 Å². The monoisotopic (exact) mass is 391 g/mol. The summed E-state index contributed by atoms with van der Waals surface area (Å²) in [6, 6.07) is 13.8. The molecule has 2 atom stereocenters. The SMILES string of the molecule is COc1ccc([C@@H]2CC(=O)C3=C(C2)NC(=O)C[C@@H]3c2cccc(C)c2)cc1OC. The predicted molar refractivity (Wildman–Crippen MR) is 110 cm³/mol. The van der Waals surface area contributed by atoms with Crippen LogP contribution in [0.2, 0.25) is 0 Å². The Labute approximate surface area is 170 Å². The summed E-state index contributed by atoms with van der Waals surface area (Å²) < 4.78 is 10.7. The molecule has 2 aromatic carbocycles. The molecule has 0 fully saturated rings. The highest BCUT2D eigenvalue weighted by Gasteiger charge is 2.38. The van der Waals surface area contributed by atoms with Crippen molar-refractivity contribution in [2.75, 3.05) is 14.2 Å². The molecular weight excluding hydrogens is 366 g/mol. The predicted octanol–water partition coefficient (Wildman–Crippen LogP) is 4.02. The van der Waals surface area contributed by atoms with Crippen molar-refractivity contribution in [3.05, 3.63) is 70.4 Å². The summed E-state index contributed by atoms with van der Waals surface area (Å²) in [5, 5.41) is 2.98. The molecule has 4 rings (SSSR count). The van der Waals surface area contributed by atoms with E-state index in [4.69, 9.17) is 9.47 Å². The van der Waals surface area contributed by atoms with Gasteiger partial charge in [-0.25, -0.2) is 0 Å². The van der Waals surface area contributed by atoms with E-state index >= 15 is 0 Å². The molecule has 0 spiro atoms. The van der Waals surface area contributed by atoms with Crippen LogP contribution in [0.5, 0.6) is 11.5 Å². The fourth-order valence-electron chi connectivity index (χ4n) is 4.47. The topological polar surface area (TPSA) is 64.6 Å². The van der Waals surface area contributed by atoms with Crippen LogP contribution in [-0.4, -0.2) is 25.9 Å². The van der Waals surface area contributed by atoms with E-state index < -0.39 is 0 Å². The molecule has 0 aromatic heterocycles. The third kappa shape index (κ3) is 3.65. The van der Waals surface area contributed by atoms with Crippen LogP contribution >= 0.6 is 0 Å². The zero-order valence-electron chi connectivity index (χ0n) is 17.0. The molecule has 1 aliphatic carbocycles. The third-order valence-electron chi connectivity index (χ3n) is 5.86. The van der Waals surface area contributed by atoms with Gasteiger partial charge in [-0.15, -0.1) is 0 Å². The van der Waals surface area contributed by atoms with Gasteiger partial charge in [0.05, 0.1) is 14.2 Å². The number of aryl methyl sites for hydroxylation is 1. The van der Waals surface area contributed by atoms with Crippen molar-refractivity contribution in [2.45, 2.75) is 38.0 Å². The Balaban J connectivity index is 1.70. The van der Waals surface area contributed by atoms with Gasteiger partial charge >= 0.3 is 0 Å². The van der Waals surface area contributed by atoms with E-state index in [0.29, 0.717) is 30.8 Å². The number of carbonyl (C=O) groups is 2. The van der Waals surface area contributed by atoms with Crippen LogP contribution in [0.1, 0.15) is 47.8 Å². The summed E-state index contributed by atoms with van der Waals surface area (Å²) in [6.07, 6.45) is 1.37. The van der Waals surface area contributed by atoms with Crippen molar-refractivity contribution >= 4 is 11.7 Å². The molecule has 2 aromatic rings. The zero-order chi connectivity index (χ0) is 20.5. The lowest BCUT2D eigenvalue weighted by atomic mass is 9.73. The number of ether oxygens (including phenoxy) is 2. The van der Waals surface area contributed by atoms with E-state index in [1.54, 1.807) is 14.2 Å². The quantitative estimate of drug-likeness (QED) is 0.855. The minimum Gasteiger partial charge on any atom is -0.493 e. The summed E-state index contributed by atoms with van der Waals surface area (Å²) in [5.41, 5.74) is 4.71. The van der Waals surface area contributed by atoms with Gasteiger partial charge in [-0.1, -0.05) is 35.9 Å². The average Bonchev–Trinajstić information content (AvgIpc) is 2.72. The number of Topliss-reactive ketones (excluding diaryl/α,β-unsaturated/α-hetero) is 1. The van der Waals surface area contributed by atoms with Crippen molar-refractivity contribution in [1.29, 1.82) is 0 Å². The number of ketones is 1. The number of allylic oxidation sites excluding steroid dienone is 2. The molecule has 1 N–H and O–H groups in total. The Morgan fingerprint density at radius 2 is 1.69 bits per heavy atom. The fraction of sp³-hybridized carbons (Fsp3) is 0.333. The summed E-state index contributed by atoms with van der Waals surface area (Å²) in [5.74, 6) is 1.20. The van der Waals surface area contributed by atoms with Crippen molar-refractivity contribution in [1.82, 2.24) is 5.32 Å². The summed E-state index contributed by atoms with van der Waals surface area (Å²) in [6.45, 7) is 2.03. The molecule has 1 amide bonds. The normalized spacial score (nSPS) is 21.5. The highest BCUT2D eigenvalue weighted by atomic mass is 16.5. The van der Waals surface area contributed by atoms with Crippen LogP contribution in [0.25, 0.3) is 0 Å². The second kappa shape index (κ2) is 7.74. The Morgan fingerprint density at radius 3 is 2.41 bits per heavy atom. The Bertz CT molecular complexity index is 1010. The minimum atomic E-state index is -0.169. The second-order valence-corrected chi connectivity index (χ2v) is 7.75. The average molecular weight is 391 g/mol. The summed E-state index contributed by atoms with van der Waals surface area (Å²) in [4.78, 5) is 25.6. The molecule has 5 nitrogen and oxygen atoms in total. The maximum atomic E-state index is 13.2. The van der Waals surface area contributed by atoms with Gasteiger partial charge in [0.1, 0.15) is 0 Å². The molecule has 29 heavy (non-hydrogen) atoms.